The van der Waals surface area contributed by atoms with Crippen molar-refractivity contribution in [2.75, 3.05) is 36.3 Å². The van der Waals surface area contributed by atoms with Gasteiger partial charge < -0.3 is 15.4 Å². The van der Waals surface area contributed by atoms with Gasteiger partial charge in [-0.05, 0) is 6.42 Å². The summed E-state index contributed by atoms with van der Waals surface area (Å²) in [5.74, 6) is -0.156. The smallest absolute Gasteiger partial charge is 0.167 e. The maximum Gasteiger partial charge on any atom is 0.167 e. The molecule has 0 aliphatic carbocycles. The first-order valence-electron chi connectivity index (χ1n) is 5.90. The number of nitrogens with two attached hydrogens (primary N) is 1. The number of benzene rings is 1. The van der Waals surface area contributed by atoms with Gasteiger partial charge in [-0.3, -0.25) is 0 Å². The second kappa shape index (κ2) is 4.88. The minimum absolute atomic E-state index is 0.0944. The molecule has 1 saturated heterocycles. The highest BCUT2D eigenvalue weighted by Crippen LogP contribution is 2.33. The summed E-state index contributed by atoms with van der Waals surface area (Å²) >= 11 is 0. The first-order chi connectivity index (χ1) is 8.84. The topological polar surface area (TPSA) is 72.6 Å². The van der Waals surface area contributed by atoms with Crippen molar-refractivity contribution in [3.05, 3.63) is 17.9 Å². The van der Waals surface area contributed by atoms with Gasteiger partial charge in [0.1, 0.15) is 0 Å². The first kappa shape index (κ1) is 13.9. The second-order valence-electron chi connectivity index (χ2n) is 4.71. The van der Waals surface area contributed by atoms with E-state index in [-0.39, 0.29) is 29.0 Å². The van der Waals surface area contributed by atoms with Gasteiger partial charge in [0.25, 0.3) is 0 Å². The van der Waals surface area contributed by atoms with Crippen molar-refractivity contribution in [3.8, 4) is 5.75 Å². The first-order valence-corrected chi connectivity index (χ1v) is 7.72. The van der Waals surface area contributed by atoms with Crippen molar-refractivity contribution in [2.45, 2.75) is 12.5 Å². The van der Waals surface area contributed by atoms with Crippen LogP contribution in [0.4, 0.5) is 15.8 Å². The molecule has 106 valence electrons. The Morgan fingerprint density at radius 1 is 1.47 bits per heavy atom. The number of sulfone groups is 1. The number of ether oxygens (including phenoxy) is 1. The molecule has 1 unspecified atom stereocenters. The molecule has 0 bridgehead atoms. The Hall–Kier alpha value is -1.50. The van der Waals surface area contributed by atoms with Crippen LogP contribution in [0, 0.1) is 5.82 Å². The third kappa shape index (κ3) is 2.75. The molecule has 1 aromatic carbocycles. The third-order valence-electron chi connectivity index (χ3n) is 3.44. The number of rotatable bonds is 3. The summed E-state index contributed by atoms with van der Waals surface area (Å²) in [6.45, 7) is 0. The van der Waals surface area contributed by atoms with Gasteiger partial charge in [0.05, 0.1) is 30.0 Å². The maximum atomic E-state index is 13.5. The van der Waals surface area contributed by atoms with Crippen LogP contribution < -0.4 is 15.4 Å². The van der Waals surface area contributed by atoms with E-state index in [2.05, 4.69) is 0 Å². The lowest BCUT2D eigenvalue weighted by atomic mass is 10.1. The average Bonchev–Trinajstić information content (AvgIpc) is 2.69. The fourth-order valence-electron chi connectivity index (χ4n) is 2.30. The summed E-state index contributed by atoms with van der Waals surface area (Å²) < 4.78 is 41.4. The van der Waals surface area contributed by atoms with Crippen LogP contribution in [0.2, 0.25) is 0 Å². The molecule has 1 aliphatic rings. The van der Waals surface area contributed by atoms with Crippen LogP contribution in [0.25, 0.3) is 0 Å². The monoisotopic (exact) mass is 288 g/mol. The Bertz CT molecular complexity index is 589. The molecule has 1 aliphatic heterocycles. The molecule has 0 radical (unpaired) electrons. The van der Waals surface area contributed by atoms with Gasteiger partial charge in [0.2, 0.25) is 0 Å². The van der Waals surface area contributed by atoms with Gasteiger partial charge in [-0.1, -0.05) is 0 Å². The number of nitrogen functional groups attached to an aromatic ring is 1. The van der Waals surface area contributed by atoms with E-state index in [0.717, 1.165) is 0 Å². The van der Waals surface area contributed by atoms with E-state index >= 15 is 0 Å². The molecule has 2 N–H and O–H groups in total. The summed E-state index contributed by atoms with van der Waals surface area (Å²) in [6.07, 6.45) is 0.554. The van der Waals surface area contributed by atoms with E-state index in [1.807, 2.05) is 0 Å². The van der Waals surface area contributed by atoms with Crippen molar-refractivity contribution < 1.29 is 17.5 Å². The Balaban J connectivity index is 2.31. The zero-order valence-corrected chi connectivity index (χ0v) is 11.7. The zero-order chi connectivity index (χ0) is 14.2. The Morgan fingerprint density at radius 3 is 2.68 bits per heavy atom. The molecule has 5 nitrogen and oxygen atoms in total. The van der Waals surface area contributed by atoms with E-state index < -0.39 is 15.7 Å². The van der Waals surface area contributed by atoms with Gasteiger partial charge in [0.15, 0.2) is 21.4 Å². The van der Waals surface area contributed by atoms with Gasteiger partial charge in [-0.2, -0.15) is 0 Å². The molecular weight excluding hydrogens is 271 g/mol. The van der Waals surface area contributed by atoms with Crippen LogP contribution in [0.3, 0.4) is 0 Å². The lowest BCUT2D eigenvalue weighted by Crippen LogP contribution is -2.33. The molecule has 0 aromatic heterocycles. The summed E-state index contributed by atoms with van der Waals surface area (Å²) in [6, 6.07) is 2.55. The highest BCUT2D eigenvalue weighted by Gasteiger charge is 2.31. The normalized spacial score (nSPS) is 21.3. The van der Waals surface area contributed by atoms with Crippen molar-refractivity contribution in [2.24, 2.45) is 0 Å². The van der Waals surface area contributed by atoms with Crippen LogP contribution in [0.15, 0.2) is 12.1 Å². The fraction of sp³-hybridized carbons (Fsp3) is 0.500. The van der Waals surface area contributed by atoms with Crippen molar-refractivity contribution >= 4 is 21.2 Å². The van der Waals surface area contributed by atoms with E-state index in [9.17, 15) is 12.8 Å². The largest absolute Gasteiger partial charge is 0.494 e. The number of halogens is 1. The highest BCUT2D eigenvalue weighted by molar-refractivity contribution is 7.91. The van der Waals surface area contributed by atoms with Gasteiger partial charge in [-0.25, -0.2) is 12.8 Å². The highest BCUT2D eigenvalue weighted by atomic mass is 32.2. The molecule has 19 heavy (non-hydrogen) atoms. The molecular formula is C12H17FN2O3S. The van der Waals surface area contributed by atoms with Gasteiger partial charge >= 0.3 is 0 Å². The Morgan fingerprint density at radius 2 is 2.16 bits per heavy atom. The van der Waals surface area contributed by atoms with Crippen molar-refractivity contribution in [1.82, 2.24) is 0 Å². The summed E-state index contributed by atoms with van der Waals surface area (Å²) in [5.41, 5.74) is 6.65. The number of methoxy groups -OCH3 is 1. The molecule has 7 heteroatoms. The van der Waals surface area contributed by atoms with Gasteiger partial charge in [0, 0.05) is 25.2 Å². The van der Waals surface area contributed by atoms with Crippen molar-refractivity contribution in [3.63, 3.8) is 0 Å². The van der Waals surface area contributed by atoms with E-state index in [1.165, 1.54) is 19.2 Å². The predicted octanol–water partition coefficient (Wildman–Crippen LogP) is 1.04. The quantitative estimate of drug-likeness (QED) is 0.841. The molecule has 1 fully saturated rings. The Labute approximate surface area is 112 Å². The number of nitrogens with zero attached hydrogens (tertiary/aromatic N) is 1. The minimum Gasteiger partial charge on any atom is -0.494 e. The summed E-state index contributed by atoms with van der Waals surface area (Å²) in [4.78, 5) is 1.78. The summed E-state index contributed by atoms with van der Waals surface area (Å²) in [5, 5.41) is 0. The number of hydrogen-bond donors (Lipinski definition) is 1. The van der Waals surface area contributed by atoms with Crippen LogP contribution in [-0.4, -0.2) is 40.1 Å². The van der Waals surface area contributed by atoms with Crippen LogP contribution in [0.1, 0.15) is 6.42 Å². The average molecular weight is 288 g/mol. The van der Waals surface area contributed by atoms with Crippen LogP contribution >= 0.6 is 0 Å². The lowest BCUT2D eigenvalue weighted by Gasteiger charge is -2.27. The van der Waals surface area contributed by atoms with Crippen LogP contribution in [-0.2, 0) is 9.84 Å². The third-order valence-corrected chi connectivity index (χ3v) is 5.19. The second-order valence-corrected chi connectivity index (χ2v) is 6.94. The van der Waals surface area contributed by atoms with Crippen molar-refractivity contribution in [1.29, 1.82) is 0 Å². The standard InChI is InChI=1S/C12H17FN2O3S/c1-15(8-3-4-19(16,17)7-8)11-6-12(18-2)9(13)5-10(11)14/h5-6,8H,3-4,7,14H2,1-2H3. The molecule has 0 saturated carbocycles. The van der Waals surface area contributed by atoms with E-state index in [1.54, 1.807) is 11.9 Å². The molecule has 1 heterocycles. The molecule has 1 aromatic rings. The van der Waals surface area contributed by atoms with Gasteiger partial charge in [-0.15, -0.1) is 0 Å². The predicted molar refractivity (Wildman–Crippen MR) is 72.8 cm³/mol. The van der Waals surface area contributed by atoms with Crippen LogP contribution in [0.5, 0.6) is 5.75 Å². The van der Waals surface area contributed by atoms with E-state index in [4.69, 9.17) is 10.5 Å². The number of hydrogen-bond acceptors (Lipinski definition) is 5. The molecule has 1 atom stereocenters. The number of anilines is 2. The fourth-order valence-corrected chi connectivity index (χ4v) is 4.07. The summed E-state index contributed by atoms with van der Waals surface area (Å²) in [7, 11) is 0.159. The van der Waals surface area contributed by atoms with E-state index in [0.29, 0.717) is 12.1 Å². The zero-order valence-electron chi connectivity index (χ0n) is 10.9. The molecule has 0 spiro atoms. The molecule has 0 amide bonds. The maximum absolute atomic E-state index is 13.5. The molecule has 2 rings (SSSR count). The lowest BCUT2D eigenvalue weighted by molar-refractivity contribution is 0.386. The minimum atomic E-state index is -2.97. The Kier molecular flexibility index (Phi) is 3.58. The SMILES string of the molecule is COc1cc(N(C)C2CCS(=O)(=O)C2)c(N)cc1F.